The highest BCUT2D eigenvalue weighted by Crippen LogP contribution is 2.33. The van der Waals surface area contributed by atoms with Gasteiger partial charge in [-0.05, 0) is 48.1 Å². The molecule has 20 heavy (non-hydrogen) atoms. The summed E-state index contributed by atoms with van der Waals surface area (Å²) >= 11 is 9.98. The van der Waals surface area contributed by atoms with Crippen molar-refractivity contribution in [3.63, 3.8) is 0 Å². The zero-order chi connectivity index (χ0) is 14.5. The number of hydrogen-bond donors (Lipinski definition) is 0. The summed E-state index contributed by atoms with van der Waals surface area (Å²) in [6, 6.07) is 15.1. The number of unbranched alkanes of at least 4 members (excludes halogenated alkanes) is 1. The standard InChI is InChI=1S/C18H20BrCl/c1-3-4-5-14-7-10-15(11-8-14)18(19)16-9-6-13(2)17(20)12-16/h6-12,18H,3-5H2,1-2H3. The van der Waals surface area contributed by atoms with Crippen LogP contribution < -0.4 is 0 Å². The van der Waals surface area contributed by atoms with E-state index in [0.717, 1.165) is 10.6 Å². The van der Waals surface area contributed by atoms with E-state index in [2.05, 4.69) is 59.3 Å². The second-order valence-corrected chi connectivity index (χ2v) is 6.54. The number of rotatable bonds is 5. The summed E-state index contributed by atoms with van der Waals surface area (Å²) in [6.07, 6.45) is 3.66. The molecule has 0 aliphatic heterocycles. The van der Waals surface area contributed by atoms with Crippen molar-refractivity contribution in [1.29, 1.82) is 0 Å². The predicted octanol–water partition coefficient (Wildman–Crippen LogP) is 6.48. The Morgan fingerprint density at radius 2 is 1.70 bits per heavy atom. The van der Waals surface area contributed by atoms with Crippen LogP contribution in [0, 0.1) is 6.92 Å². The zero-order valence-corrected chi connectivity index (χ0v) is 14.3. The molecule has 0 heterocycles. The smallest absolute Gasteiger partial charge is 0.0645 e. The molecule has 0 radical (unpaired) electrons. The van der Waals surface area contributed by atoms with Crippen molar-refractivity contribution in [3.05, 3.63) is 69.7 Å². The average Bonchev–Trinajstić information content (AvgIpc) is 2.48. The summed E-state index contributed by atoms with van der Waals surface area (Å²) < 4.78 is 0. The first-order chi connectivity index (χ1) is 9.61. The molecular formula is C18H20BrCl. The van der Waals surface area contributed by atoms with Crippen molar-refractivity contribution >= 4 is 27.5 Å². The Morgan fingerprint density at radius 1 is 1.05 bits per heavy atom. The summed E-state index contributed by atoms with van der Waals surface area (Å²) in [4.78, 5) is 0.195. The lowest BCUT2D eigenvalue weighted by Crippen LogP contribution is -1.94. The average molecular weight is 352 g/mol. The molecule has 0 aromatic heterocycles. The van der Waals surface area contributed by atoms with E-state index in [9.17, 15) is 0 Å². The minimum atomic E-state index is 0.195. The van der Waals surface area contributed by atoms with Crippen LogP contribution in [0.3, 0.4) is 0 Å². The number of benzene rings is 2. The van der Waals surface area contributed by atoms with Crippen LogP contribution in [0.2, 0.25) is 5.02 Å². The SMILES string of the molecule is CCCCc1ccc(C(Br)c2ccc(C)c(Cl)c2)cc1. The Bertz CT molecular complexity index is 560. The maximum absolute atomic E-state index is 6.21. The topological polar surface area (TPSA) is 0 Å². The molecule has 106 valence electrons. The Morgan fingerprint density at radius 3 is 2.30 bits per heavy atom. The molecular weight excluding hydrogens is 332 g/mol. The van der Waals surface area contributed by atoms with E-state index >= 15 is 0 Å². The van der Waals surface area contributed by atoms with Crippen LogP contribution in [-0.4, -0.2) is 0 Å². The van der Waals surface area contributed by atoms with Gasteiger partial charge in [0.05, 0.1) is 4.83 Å². The second kappa shape index (κ2) is 7.28. The van der Waals surface area contributed by atoms with Crippen molar-refractivity contribution < 1.29 is 0 Å². The third-order valence-corrected chi connectivity index (χ3v) is 5.04. The molecule has 0 fully saturated rings. The molecule has 2 heteroatoms. The lowest BCUT2D eigenvalue weighted by molar-refractivity contribution is 0.795. The van der Waals surface area contributed by atoms with E-state index in [1.165, 1.54) is 36.0 Å². The molecule has 0 bridgehead atoms. The molecule has 0 aliphatic carbocycles. The quantitative estimate of drug-likeness (QED) is 0.541. The largest absolute Gasteiger partial charge is 0.0840 e. The van der Waals surface area contributed by atoms with E-state index in [1.807, 2.05) is 13.0 Å². The van der Waals surface area contributed by atoms with E-state index in [4.69, 9.17) is 11.6 Å². The fraction of sp³-hybridized carbons (Fsp3) is 0.333. The van der Waals surface area contributed by atoms with Crippen LogP contribution in [0.1, 0.15) is 46.8 Å². The van der Waals surface area contributed by atoms with Gasteiger partial charge in [-0.2, -0.15) is 0 Å². The van der Waals surface area contributed by atoms with Crippen LogP contribution in [0.4, 0.5) is 0 Å². The van der Waals surface area contributed by atoms with Gasteiger partial charge >= 0.3 is 0 Å². The van der Waals surface area contributed by atoms with Gasteiger partial charge in [0.2, 0.25) is 0 Å². The minimum Gasteiger partial charge on any atom is -0.0840 e. The minimum absolute atomic E-state index is 0.195. The molecule has 1 unspecified atom stereocenters. The van der Waals surface area contributed by atoms with Gasteiger partial charge in [-0.25, -0.2) is 0 Å². The number of hydrogen-bond acceptors (Lipinski definition) is 0. The van der Waals surface area contributed by atoms with Gasteiger partial charge in [-0.15, -0.1) is 0 Å². The highest BCUT2D eigenvalue weighted by Gasteiger charge is 2.11. The first-order valence-electron chi connectivity index (χ1n) is 7.10. The Kier molecular flexibility index (Phi) is 5.68. The highest BCUT2D eigenvalue weighted by molar-refractivity contribution is 9.09. The fourth-order valence-corrected chi connectivity index (χ4v) is 2.97. The maximum Gasteiger partial charge on any atom is 0.0645 e. The summed E-state index contributed by atoms with van der Waals surface area (Å²) in [5.74, 6) is 0. The van der Waals surface area contributed by atoms with Crippen LogP contribution in [0.15, 0.2) is 42.5 Å². The first-order valence-corrected chi connectivity index (χ1v) is 8.40. The van der Waals surface area contributed by atoms with Crippen molar-refractivity contribution in [3.8, 4) is 0 Å². The normalized spacial score (nSPS) is 12.4. The molecule has 0 aliphatic rings. The van der Waals surface area contributed by atoms with E-state index < -0.39 is 0 Å². The van der Waals surface area contributed by atoms with Crippen LogP contribution >= 0.6 is 27.5 Å². The summed E-state index contributed by atoms with van der Waals surface area (Å²) in [5, 5.41) is 0.825. The Hall–Kier alpha value is -0.790. The van der Waals surface area contributed by atoms with Gasteiger partial charge in [-0.1, -0.05) is 77.3 Å². The van der Waals surface area contributed by atoms with E-state index in [0.29, 0.717) is 0 Å². The molecule has 1 atom stereocenters. The molecule has 0 saturated carbocycles. The van der Waals surface area contributed by atoms with Gasteiger partial charge in [0.25, 0.3) is 0 Å². The molecule has 2 aromatic rings. The molecule has 2 aromatic carbocycles. The maximum atomic E-state index is 6.21. The number of halogens is 2. The molecule has 0 amide bonds. The Balaban J connectivity index is 2.15. The lowest BCUT2D eigenvalue weighted by Gasteiger charge is -2.13. The second-order valence-electron chi connectivity index (χ2n) is 5.22. The van der Waals surface area contributed by atoms with E-state index in [-0.39, 0.29) is 4.83 Å². The zero-order valence-electron chi connectivity index (χ0n) is 12.0. The van der Waals surface area contributed by atoms with E-state index in [1.54, 1.807) is 0 Å². The first kappa shape index (κ1) is 15.6. The third-order valence-electron chi connectivity index (χ3n) is 3.58. The van der Waals surface area contributed by atoms with Gasteiger partial charge < -0.3 is 0 Å². The van der Waals surface area contributed by atoms with Gasteiger partial charge in [-0.3, -0.25) is 0 Å². The van der Waals surface area contributed by atoms with Crippen LogP contribution in [0.5, 0.6) is 0 Å². The molecule has 0 saturated heterocycles. The molecule has 0 N–H and O–H groups in total. The fourth-order valence-electron chi connectivity index (χ4n) is 2.19. The molecule has 0 nitrogen and oxygen atoms in total. The van der Waals surface area contributed by atoms with Crippen LogP contribution in [-0.2, 0) is 6.42 Å². The van der Waals surface area contributed by atoms with Gasteiger partial charge in [0, 0.05) is 5.02 Å². The molecule has 2 rings (SSSR count). The number of aryl methyl sites for hydroxylation is 2. The highest BCUT2D eigenvalue weighted by atomic mass is 79.9. The Labute approximate surface area is 135 Å². The monoisotopic (exact) mass is 350 g/mol. The van der Waals surface area contributed by atoms with Gasteiger partial charge in [0.1, 0.15) is 0 Å². The summed E-state index contributed by atoms with van der Waals surface area (Å²) in [7, 11) is 0. The van der Waals surface area contributed by atoms with Crippen molar-refractivity contribution in [1.82, 2.24) is 0 Å². The third kappa shape index (κ3) is 3.86. The van der Waals surface area contributed by atoms with Crippen molar-refractivity contribution in [2.45, 2.75) is 37.9 Å². The van der Waals surface area contributed by atoms with Crippen LogP contribution in [0.25, 0.3) is 0 Å². The van der Waals surface area contributed by atoms with Crippen molar-refractivity contribution in [2.75, 3.05) is 0 Å². The molecule has 0 spiro atoms. The van der Waals surface area contributed by atoms with Gasteiger partial charge in [0.15, 0.2) is 0 Å². The summed E-state index contributed by atoms with van der Waals surface area (Å²) in [5.41, 5.74) is 4.99. The van der Waals surface area contributed by atoms with Crippen molar-refractivity contribution in [2.24, 2.45) is 0 Å². The predicted molar refractivity (Wildman–Crippen MR) is 92.0 cm³/mol. The lowest BCUT2D eigenvalue weighted by atomic mass is 10.0. The summed E-state index contributed by atoms with van der Waals surface area (Å²) in [6.45, 7) is 4.25. The number of alkyl halides is 1.